The van der Waals surface area contributed by atoms with Crippen LogP contribution in [-0.4, -0.2) is 0 Å². The SMILES string of the molecule is c1cc(-c2ccc3sc4ccccc4c3c2)cc(N(c2ccc3c(c2)sc2ccccc23)c2ccccc2-c2cccc3ccccc23)c1. The van der Waals surface area contributed by atoms with E-state index in [0.29, 0.717) is 0 Å². The first kappa shape index (κ1) is 28.3. The number of thiophene rings is 2. The Hall–Kier alpha value is -5.74. The lowest BCUT2D eigenvalue weighted by atomic mass is 9.96. The molecule has 0 N–H and O–H groups in total. The summed E-state index contributed by atoms with van der Waals surface area (Å²) in [6.07, 6.45) is 0. The molecule has 230 valence electrons. The second-order valence-corrected chi connectivity index (χ2v) is 14.7. The van der Waals surface area contributed by atoms with Crippen molar-refractivity contribution in [2.45, 2.75) is 0 Å². The highest BCUT2D eigenvalue weighted by Gasteiger charge is 2.20. The summed E-state index contributed by atoms with van der Waals surface area (Å²) in [6, 6.07) is 64.6. The van der Waals surface area contributed by atoms with Crippen molar-refractivity contribution in [1.82, 2.24) is 0 Å². The number of fused-ring (bicyclic) bond motifs is 7. The summed E-state index contributed by atoms with van der Waals surface area (Å²) in [6.45, 7) is 0. The molecule has 2 heterocycles. The van der Waals surface area contributed by atoms with Crippen LogP contribution in [0.25, 0.3) is 73.4 Å². The fourth-order valence-electron chi connectivity index (χ4n) is 7.37. The molecule has 0 bridgehead atoms. The standard InChI is InChI=1S/C46H29NS2/c1-2-15-35-30(11-1)12-10-19-36(35)37-16-3-6-20-42(37)47(34-24-25-40-38-17-4-7-21-43(38)49-46(40)29-34)33-14-9-13-31(27-33)32-23-26-45-41(28-32)39-18-5-8-22-44(39)48-45/h1-29H. The lowest BCUT2D eigenvalue weighted by Crippen LogP contribution is -2.11. The van der Waals surface area contributed by atoms with E-state index in [1.165, 1.54) is 73.4 Å². The smallest absolute Gasteiger partial charge is 0.0540 e. The van der Waals surface area contributed by atoms with Gasteiger partial charge in [-0.1, -0.05) is 121 Å². The normalized spacial score (nSPS) is 11.7. The number of nitrogens with zero attached hydrogens (tertiary/aromatic N) is 1. The van der Waals surface area contributed by atoms with Gasteiger partial charge < -0.3 is 4.90 Å². The summed E-state index contributed by atoms with van der Waals surface area (Å²) in [5.74, 6) is 0. The van der Waals surface area contributed by atoms with Crippen molar-refractivity contribution < 1.29 is 0 Å². The van der Waals surface area contributed by atoms with Gasteiger partial charge in [0.25, 0.3) is 0 Å². The van der Waals surface area contributed by atoms with Crippen LogP contribution in [0.15, 0.2) is 176 Å². The molecule has 10 rings (SSSR count). The Bertz CT molecular complexity index is 2850. The van der Waals surface area contributed by atoms with Crippen molar-refractivity contribution in [1.29, 1.82) is 0 Å². The maximum atomic E-state index is 2.45. The van der Waals surface area contributed by atoms with Crippen LogP contribution in [0.2, 0.25) is 0 Å². The Morgan fingerprint density at radius 3 is 1.80 bits per heavy atom. The van der Waals surface area contributed by atoms with Crippen LogP contribution in [0.1, 0.15) is 0 Å². The highest BCUT2D eigenvalue weighted by atomic mass is 32.1. The molecule has 49 heavy (non-hydrogen) atoms. The van der Waals surface area contributed by atoms with Gasteiger partial charge in [0, 0.05) is 57.3 Å². The van der Waals surface area contributed by atoms with Crippen molar-refractivity contribution in [3.05, 3.63) is 176 Å². The molecule has 2 aromatic heterocycles. The highest BCUT2D eigenvalue weighted by Crippen LogP contribution is 2.46. The minimum atomic E-state index is 1.13. The van der Waals surface area contributed by atoms with Gasteiger partial charge in [-0.25, -0.2) is 0 Å². The molecule has 0 unspecified atom stereocenters. The van der Waals surface area contributed by atoms with Gasteiger partial charge in [0.15, 0.2) is 0 Å². The fraction of sp³-hybridized carbons (Fsp3) is 0. The van der Waals surface area contributed by atoms with Crippen LogP contribution in [0, 0.1) is 0 Å². The van der Waals surface area contributed by atoms with Crippen LogP contribution in [-0.2, 0) is 0 Å². The molecule has 3 heteroatoms. The first-order valence-electron chi connectivity index (χ1n) is 16.6. The van der Waals surface area contributed by atoms with Gasteiger partial charge in [0.1, 0.15) is 0 Å². The third-order valence-electron chi connectivity index (χ3n) is 9.66. The number of rotatable bonds is 5. The summed E-state index contributed by atoms with van der Waals surface area (Å²) in [5.41, 5.74) is 8.27. The van der Waals surface area contributed by atoms with Crippen molar-refractivity contribution in [2.24, 2.45) is 0 Å². The van der Waals surface area contributed by atoms with Crippen LogP contribution in [0.5, 0.6) is 0 Å². The average molecular weight is 660 g/mol. The van der Waals surface area contributed by atoms with E-state index >= 15 is 0 Å². The predicted molar refractivity (Wildman–Crippen MR) is 215 cm³/mol. The summed E-state index contributed by atoms with van der Waals surface area (Å²) >= 11 is 3.73. The molecule has 0 amide bonds. The van der Waals surface area contributed by atoms with Crippen LogP contribution in [0.3, 0.4) is 0 Å². The topological polar surface area (TPSA) is 3.24 Å². The van der Waals surface area contributed by atoms with Crippen molar-refractivity contribution in [2.75, 3.05) is 4.90 Å². The van der Waals surface area contributed by atoms with Crippen molar-refractivity contribution in [3.8, 4) is 22.3 Å². The second kappa shape index (κ2) is 11.5. The fourth-order valence-corrected chi connectivity index (χ4v) is 9.59. The van der Waals surface area contributed by atoms with Gasteiger partial charge in [-0.05, 0) is 82.1 Å². The van der Waals surface area contributed by atoms with Crippen molar-refractivity contribution in [3.63, 3.8) is 0 Å². The van der Waals surface area contributed by atoms with Crippen molar-refractivity contribution >= 4 is 90.9 Å². The minimum Gasteiger partial charge on any atom is -0.310 e. The molecule has 0 aliphatic rings. The minimum absolute atomic E-state index is 1.13. The van der Waals surface area contributed by atoms with E-state index in [0.717, 1.165) is 17.1 Å². The van der Waals surface area contributed by atoms with Gasteiger partial charge in [0.05, 0.1) is 5.69 Å². The maximum Gasteiger partial charge on any atom is 0.0540 e. The van der Waals surface area contributed by atoms with Gasteiger partial charge in [-0.15, -0.1) is 22.7 Å². The Morgan fingerprint density at radius 1 is 0.327 bits per heavy atom. The largest absolute Gasteiger partial charge is 0.310 e. The zero-order valence-electron chi connectivity index (χ0n) is 26.5. The third kappa shape index (κ3) is 4.74. The van der Waals surface area contributed by atoms with E-state index in [-0.39, 0.29) is 0 Å². The summed E-state index contributed by atoms with van der Waals surface area (Å²) in [4.78, 5) is 2.45. The molecule has 0 spiro atoms. The van der Waals surface area contributed by atoms with E-state index in [9.17, 15) is 0 Å². The quantitative estimate of drug-likeness (QED) is 0.178. The van der Waals surface area contributed by atoms with Crippen LogP contribution in [0.4, 0.5) is 17.1 Å². The first-order chi connectivity index (χ1) is 24.3. The monoisotopic (exact) mass is 659 g/mol. The van der Waals surface area contributed by atoms with E-state index in [4.69, 9.17) is 0 Å². The maximum absolute atomic E-state index is 2.45. The Kier molecular flexibility index (Phi) is 6.61. The summed E-state index contributed by atoms with van der Waals surface area (Å²) in [5, 5.41) is 7.75. The van der Waals surface area contributed by atoms with Gasteiger partial charge in [-0.3, -0.25) is 0 Å². The molecule has 10 aromatic rings. The Balaban J connectivity index is 1.19. The number of benzene rings is 8. The lowest BCUT2D eigenvalue weighted by molar-refractivity contribution is 1.29. The molecule has 0 aliphatic heterocycles. The molecule has 0 radical (unpaired) electrons. The van der Waals surface area contributed by atoms with Gasteiger partial charge in [-0.2, -0.15) is 0 Å². The van der Waals surface area contributed by atoms with Crippen LogP contribution >= 0.6 is 22.7 Å². The van der Waals surface area contributed by atoms with Crippen LogP contribution < -0.4 is 4.90 Å². The van der Waals surface area contributed by atoms with E-state index in [1.54, 1.807) is 0 Å². The number of para-hydroxylation sites is 1. The zero-order valence-corrected chi connectivity index (χ0v) is 28.1. The molecule has 1 nitrogen and oxygen atoms in total. The van der Waals surface area contributed by atoms with E-state index in [2.05, 4.69) is 181 Å². The molecule has 0 aliphatic carbocycles. The molecular formula is C46H29NS2. The average Bonchev–Trinajstić information content (AvgIpc) is 3.73. The Labute approximate surface area is 292 Å². The van der Waals surface area contributed by atoms with Gasteiger partial charge >= 0.3 is 0 Å². The molecule has 8 aromatic carbocycles. The zero-order chi connectivity index (χ0) is 32.3. The first-order valence-corrected chi connectivity index (χ1v) is 18.2. The highest BCUT2D eigenvalue weighted by molar-refractivity contribution is 7.26. The molecule has 0 atom stereocenters. The Morgan fingerprint density at radius 2 is 0.918 bits per heavy atom. The second-order valence-electron chi connectivity index (χ2n) is 12.5. The number of hydrogen-bond donors (Lipinski definition) is 0. The summed E-state index contributed by atoms with van der Waals surface area (Å²) in [7, 11) is 0. The van der Waals surface area contributed by atoms with Gasteiger partial charge in [0.2, 0.25) is 0 Å². The number of hydrogen-bond acceptors (Lipinski definition) is 3. The third-order valence-corrected chi connectivity index (χ3v) is 11.9. The molecule has 0 saturated carbocycles. The molecule has 0 saturated heterocycles. The predicted octanol–water partition coefficient (Wildman–Crippen LogP) is 14.4. The lowest BCUT2D eigenvalue weighted by Gasteiger charge is -2.28. The number of anilines is 3. The molecular weight excluding hydrogens is 631 g/mol. The van der Waals surface area contributed by atoms with E-state index in [1.807, 2.05) is 22.7 Å². The summed E-state index contributed by atoms with van der Waals surface area (Å²) < 4.78 is 5.26. The van der Waals surface area contributed by atoms with E-state index < -0.39 is 0 Å². The molecule has 0 fully saturated rings.